The van der Waals surface area contributed by atoms with E-state index in [1.807, 2.05) is 40.4 Å². The third-order valence-corrected chi connectivity index (χ3v) is 5.45. The maximum Gasteiger partial charge on any atom is 0.253 e. The van der Waals surface area contributed by atoms with Crippen molar-refractivity contribution in [3.05, 3.63) is 76.4 Å². The van der Waals surface area contributed by atoms with Gasteiger partial charge in [0.15, 0.2) is 11.6 Å². The second kappa shape index (κ2) is 6.60. The van der Waals surface area contributed by atoms with Gasteiger partial charge in [-0.05, 0) is 30.3 Å². The van der Waals surface area contributed by atoms with E-state index in [4.69, 9.17) is 16.6 Å². The Balaban J connectivity index is 1.65. The van der Waals surface area contributed by atoms with Gasteiger partial charge in [0.05, 0.1) is 22.3 Å². The van der Waals surface area contributed by atoms with Gasteiger partial charge in [-0.3, -0.25) is 9.59 Å². The number of hydrogen-bond acceptors (Lipinski definition) is 3. The number of para-hydroxylation sites is 1. The third kappa shape index (κ3) is 2.84. The number of rotatable bonds is 3. The molecule has 0 radical (unpaired) electrons. The van der Waals surface area contributed by atoms with Gasteiger partial charge in [0.25, 0.3) is 5.91 Å². The van der Waals surface area contributed by atoms with Crippen LogP contribution in [0.1, 0.15) is 26.3 Å². The molecule has 0 fully saturated rings. The highest BCUT2D eigenvalue weighted by Gasteiger charge is 2.24. The summed E-state index contributed by atoms with van der Waals surface area (Å²) in [6.07, 6.45) is 1.80. The summed E-state index contributed by atoms with van der Waals surface area (Å²) >= 11 is 6.04. The van der Waals surface area contributed by atoms with E-state index >= 15 is 0 Å². The summed E-state index contributed by atoms with van der Waals surface area (Å²) in [5, 5.41) is 3.44. The van der Waals surface area contributed by atoms with Crippen LogP contribution < -0.4 is 5.32 Å². The van der Waals surface area contributed by atoms with Crippen molar-refractivity contribution in [2.45, 2.75) is 6.54 Å². The number of nitrogens with one attached hydrogen (secondary N) is 1. The zero-order valence-electron chi connectivity index (χ0n) is 15.6. The van der Waals surface area contributed by atoms with E-state index in [0.29, 0.717) is 34.8 Å². The van der Waals surface area contributed by atoms with E-state index in [1.54, 1.807) is 30.5 Å². The van der Waals surface area contributed by atoms with E-state index in [9.17, 15) is 9.59 Å². The molecule has 0 bridgehead atoms. The predicted molar refractivity (Wildman–Crippen MR) is 111 cm³/mol. The van der Waals surface area contributed by atoms with Crippen molar-refractivity contribution in [1.82, 2.24) is 19.4 Å². The molecule has 6 nitrogen and oxygen atoms in total. The quantitative estimate of drug-likeness (QED) is 0.530. The Kier molecular flexibility index (Phi) is 4.03. The van der Waals surface area contributed by atoms with Gasteiger partial charge in [0.2, 0.25) is 0 Å². The summed E-state index contributed by atoms with van der Waals surface area (Å²) in [5.41, 5.74) is 4.11. The fraction of sp³-hybridized carbons (Fsp3) is 0.136. The van der Waals surface area contributed by atoms with Crippen LogP contribution in [0, 0.1) is 0 Å². The first-order chi connectivity index (χ1) is 14.0. The summed E-state index contributed by atoms with van der Waals surface area (Å²) in [5.74, 6) is 0.542. The number of hydrogen-bond donors (Lipinski definition) is 1. The van der Waals surface area contributed by atoms with E-state index in [0.717, 1.165) is 22.6 Å². The van der Waals surface area contributed by atoms with E-state index < -0.39 is 0 Å². The van der Waals surface area contributed by atoms with Gasteiger partial charge in [-0.25, -0.2) is 4.98 Å². The minimum Gasteiger partial charge on any atom is -0.350 e. The van der Waals surface area contributed by atoms with Crippen LogP contribution in [0.25, 0.3) is 22.6 Å². The normalized spacial score (nSPS) is 13.4. The number of aromatic nitrogens is 3. The Labute approximate surface area is 171 Å². The Morgan fingerprint density at radius 1 is 1.14 bits per heavy atom. The predicted octanol–water partition coefficient (Wildman–Crippen LogP) is 3.67. The van der Waals surface area contributed by atoms with Crippen molar-refractivity contribution in [1.29, 1.82) is 0 Å². The molecule has 2 aromatic carbocycles. The maximum atomic E-state index is 12.9. The van der Waals surface area contributed by atoms with E-state index in [-0.39, 0.29) is 11.7 Å². The molecule has 1 N–H and O–H groups in total. The van der Waals surface area contributed by atoms with Gasteiger partial charge >= 0.3 is 0 Å². The first kappa shape index (κ1) is 17.7. The zero-order chi connectivity index (χ0) is 20.1. The van der Waals surface area contributed by atoms with Crippen LogP contribution in [0.4, 0.5) is 0 Å². The highest BCUT2D eigenvalue weighted by atomic mass is 35.5. The summed E-state index contributed by atoms with van der Waals surface area (Å²) in [6.45, 7) is 1.13. The maximum absolute atomic E-state index is 12.9. The summed E-state index contributed by atoms with van der Waals surface area (Å²) in [6, 6.07) is 14.3. The first-order valence-corrected chi connectivity index (χ1v) is 9.65. The van der Waals surface area contributed by atoms with Crippen LogP contribution in [0.5, 0.6) is 0 Å². The van der Waals surface area contributed by atoms with Gasteiger partial charge in [-0.15, -0.1) is 0 Å². The van der Waals surface area contributed by atoms with Crippen LogP contribution in [0.15, 0.2) is 54.7 Å². The number of imidazole rings is 1. The molecule has 2 aromatic heterocycles. The highest BCUT2D eigenvalue weighted by molar-refractivity contribution is 6.31. The van der Waals surface area contributed by atoms with Crippen molar-refractivity contribution in [3.8, 4) is 11.5 Å². The van der Waals surface area contributed by atoms with Gasteiger partial charge in [0, 0.05) is 42.5 Å². The molecule has 1 aliphatic rings. The lowest BCUT2D eigenvalue weighted by atomic mass is 10.1. The lowest BCUT2D eigenvalue weighted by molar-refractivity contribution is 0.0956. The van der Waals surface area contributed by atoms with Crippen molar-refractivity contribution in [3.63, 3.8) is 0 Å². The topological polar surface area (TPSA) is 68.9 Å². The molecular weight excluding hydrogens is 388 g/mol. The lowest BCUT2D eigenvalue weighted by Crippen LogP contribution is -2.24. The number of carbonyl (C=O) groups excluding carboxylic acids is 2. The van der Waals surface area contributed by atoms with Gasteiger partial charge in [-0.1, -0.05) is 29.8 Å². The molecule has 0 atom stereocenters. The molecule has 0 aliphatic carbocycles. The first-order valence-electron chi connectivity index (χ1n) is 9.27. The van der Waals surface area contributed by atoms with Crippen LogP contribution >= 0.6 is 11.6 Å². The fourth-order valence-corrected chi connectivity index (χ4v) is 4.06. The molecular formula is C22H17ClN4O2. The molecule has 4 aromatic rings. The molecule has 29 heavy (non-hydrogen) atoms. The lowest BCUT2D eigenvalue weighted by Gasteiger charge is -2.07. The number of halogens is 1. The van der Waals surface area contributed by atoms with Crippen molar-refractivity contribution in [2.24, 2.45) is 7.05 Å². The Morgan fingerprint density at radius 2 is 1.97 bits per heavy atom. The SMILES string of the molecule is Cn1cc(C(=O)c2cccc(Cl)c2)cc1-c1nc2cccc3c2n1CCNC3=O. The average molecular weight is 405 g/mol. The fourth-order valence-electron chi connectivity index (χ4n) is 3.87. The van der Waals surface area contributed by atoms with Crippen molar-refractivity contribution in [2.75, 3.05) is 6.54 Å². The van der Waals surface area contributed by atoms with E-state index in [2.05, 4.69) is 5.32 Å². The largest absolute Gasteiger partial charge is 0.350 e. The number of aryl methyl sites for hydroxylation is 1. The second-order valence-corrected chi connectivity index (χ2v) is 7.52. The van der Waals surface area contributed by atoms with Crippen LogP contribution in [0.2, 0.25) is 5.02 Å². The minimum atomic E-state index is -0.0983. The smallest absolute Gasteiger partial charge is 0.253 e. The summed E-state index contributed by atoms with van der Waals surface area (Å²) in [7, 11) is 1.89. The van der Waals surface area contributed by atoms with Crippen LogP contribution in [0.3, 0.4) is 0 Å². The number of ketones is 1. The van der Waals surface area contributed by atoms with Gasteiger partial charge in [0.1, 0.15) is 0 Å². The number of amides is 1. The summed E-state index contributed by atoms with van der Waals surface area (Å²) in [4.78, 5) is 30.1. The Hall–Kier alpha value is -3.38. The molecule has 3 heterocycles. The Morgan fingerprint density at radius 3 is 2.79 bits per heavy atom. The van der Waals surface area contributed by atoms with Crippen LogP contribution in [-0.4, -0.2) is 32.4 Å². The molecule has 0 saturated carbocycles. The molecule has 1 aliphatic heterocycles. The minimum absolute atomic E-state index is 0.0931. The van der Waals surface area contributed by atoms with E-state index in [1.165, 1.54) is 0 Å². The number of carbonyl (C=O) groups is 2. The molecule has 7 heteroatoms. The molecule has 5 rings (SSSR count). The van der Waals surface area contributed by atoms with Crippen molar-refractivity contribution >= 4 is 34.3 Å². The molecule has 0 saturated heterocycles. The molecule has 1 amide bonds. The molecule has 0 spiro atoms. The molecule has 0 unspecified atom stereocenters. The average Bonchev–Trinajstić information content (AvgIpc) is 3.22. The molecule has 144 valence electrons. The van der Waals surface area contributed by atoms with Crippen LogP contribution in [-0.2, 0) is 13.6 Å². The highest BCUT2D eigenvalue weighted by Crippen LogP contribution is 2.30. The standard InChI is InChI=1S/C22H17ClN4O2/c1-26-12-14(20(28)13-4-2-5-15(23)10-13)11-18(26)21-25-17-7-3-6-16-19(17)27(21)9-8-24-22(16)29/h2-7,10-12H,8-9H2,1H3,(H,24,29). The van der Waals surface area contributed by atoms with Gasteiger partial charge < -0.3 is 14.5 Å². The zero-order valence-corrected chi connectivity index (χ0v) is 16.4. The number of nitrogens with zero attached hydrogens (tertiary/aromatic N) is 3. The van der Waals surface area contributed by atoms with Gasteiger partial charge in [-0.2, -0.15) is 0 Å². The number of benzene rings is 2. The Bertz CT molecular complexity index is 1300. The van der Waals surface area contributed by atoms with Crippen molar-refractivity contribution < 1.29 is 9.59 Å². The third-order valence-electron chi connectivity index (χ3n) is 5.22. The monoisotopic (exact) mass is 404 g/mol. The second-order valence-electron chi connectivity index (χ2n) is 7.08. The summed E-state index contributed by atoms with van der Waals surface area (Å²) < 4.78 is 3.94.